The molecule has 0 bridgehead atoms. The van der Waals surface area contributed by atoms with Crippen LogP contribution in [0.4, 0.5) is 5.69 Å². The molecule has 98 valence electrons. The van der Waals surface area contributed by atoms with Crippen molar-refractivity contribution < 1.29 is 8.42 Å². The molecule has 19 heavy (non-hydrogen) atoms. The van der Waals surface area contributed by atoms with Gasteiger partial charge in [0.2, 0.25) is 0 Å². The number of rotatable bonds is 4. The summed E-state index contributed by atoms with van der Waals surface area (Å²) in [4.78, 5) is 7.78. The van der Waals surface area contributed by atoms with E-state index in [1.807, 2.05) is 0 Å². The van der Waals surface area contributed by atoms with Gasteiger partial charge in [0.15, 0.2) is 0 Å². The van der Waals surface area contributed by atoms with Gasteiger partial charge in [0, 0.05) is 5.56 Å². The summed E-state index contributed by atoms with van der Waals surface area (Å²) in [6.45, 7) is 0. The van der Waals surface area contributed by atoms with Gasteiger partial charge in [0.05, 0.1) is 23.0 Å². The van der Waals surface area contributed by atoms with Crippen LogP contribution in [0, 0.1) is 0 Å². The maximum atomic E-state index is 12.1. The number of aromatic nitrogens is 2. The van der Waals surface area contributed by atoms with Crippen molar-refractivity contribution in [3.8, 4) is 0 Å². The number of thiocarbonyl (C=S) groups is 1. The Bertz CT molecular complexity index is 684. The molecule has 0 amide bonds. The fourth-order valence-electron chi connectivity index (χ4n) is 1.36. The largest absolute Gasteiger partial charge is 0.389 e. The Balaban J connectivity index is 2.27. The summed E-state index contributed by atoms with van der Waals surface area (Å²) < 4.78 is 26.5. The average Bonchev–Trinajstić information content (AvgIpc) is 2.39. The van der Waals surface area contributed by atoms with E-state index < -0.39 is 10.0 Å². The molecule has 0 fully saturated rings. The first-order valence-electron chi connectivity index (χ1n) is 5.17. The van der Waals surface area contributed by atoms with E-state index in [4.69, 9.17) is 18.0 Å². The Kier molecular flexibility index (Phi) is 3.72. The topological polar surface area (TPSA) is 98.0 Å². The Morgan fingerprint density at radius 2 is 1.74 bits per heavy atom. The lowest BCUT2D eigenvalue weighted by Gasteiger charge is -2.07. The minimum atomic E-state index is -3.67. The third kappa shape index (κ3) is 3.24. The fourth-order valence-corrected chi connectivity index (χ4v) is 2.53. The van der Waals surface area contributed by atoms with Crippen molar-refractivity contribution in [2.45, 2.75) is 4.90 Å². The van der Waals surface area contributed by atoms with Gasteiger partial charge < -0.3 is 5.73 Å². The van der Waals surface area contributed by atoms with Crippen LogP contribution < -0.4 is 10.5 Å². The summed E-state index contributed by atoms with van der Waals surface area (Å²) in [5.74, 6) is 0. The molecule has 0 aliphatic heterocycles. The first-order valence-corrected chi connectivity index (χ1v) is 7.06. The van der Waals surface area contributed by atoms with Crippen LogP contribution in [-0.4, -0.2) is 23.4 Å². The van der Waals surface area contributed by atoms with E-state index in [1.54, 1.807) is 12.1 Å². The number of nitrogens with two attached hydrogens (primary N) is 1. The molecule has 0 saturated heterocycles. The molecule has 0 spiro atoms. The predicted octanol–water partition coefficient (Wildman–Crippen LogP) is 0.912. The SMILES string of the molecule is NC(=S)c1ccc(S(=O)(=O)Nc2cncnc2)cc1. The second-order valence-corrected chi connectivity index (χ2v) is 5.74. The highest BCUT2D eigenvalue weighted by Crippen LogP contribution is 2.15. The fraction of sp³-hybridized carbons (Fsp3) is 0. The first kappa shape index (κ1) is 13.4. The van der Waals surface area contributed by atoms with E-state index in [-0.39, 0.29) is 9.88 Å². The van der Waals surface area contributed by atoms with Gasteiger partial charge in [-0.2, -0.15) is 0 Å². The van der Waals surface area contributed by atoms with Crippen LogP contribution >= 0.6 is 12.2 Å². The van der Waals surface area contributed by atoms with Crippen molar-refractivity contribution in [3.05, 3.63) is 48.5 Å². The predicted molar refractivity (Wildman–Crippen MR) is 75.2 cm³/mol. The highest BCUT2D eigenvalue weighted by molar-refractivity contribution is 7.92. The van der Waals surface area contributed by atoms with Crippen molar-refractivity contribution in [1.82, 2.24) is 9.97 Å². The number of nitrogens with one attached hydrogen (secondary N) is 1. The van der Waals surface area contributed by atoms with Gasteiger partial charge in [-0.15, -0.1) is 0 Å². The summed E-state index contributed by atoms with van der Waals surface area (Å²) in [6, 6.07) is 5.97. The minimum absolute atomic E-state index is 0.108. The summed E-state index contributed by atoms with van der Waals surface area (Å²) in [6.07, 6.45) is 4.05. The molecule has 0 atom stereocenters. The van der Waals surface area contributed by atoms with E-state index >= 15 is 0 Å². The van der Waals surface area contributed by atoms with Crippen molar-refractivity contribution >= 4 is 32.9 Å². The summed E-state index contributed by atoms with van der Waals surface area (Å²) >= 11 is 4.80. The third-order valence-corrected chi connectivity index (χ3v) is 3.89. The number of anilines is 1. The third-order valence-electron chi connectivity index (χ3n) is 2.26. The lowest BCUT2D eigenvalue weighted by atomic mass is 10.2. The number of benzene rings is 1. The van der Waals surface area contributed by atoms with Crippen LogP contribution in [-0.2, 0) is 10.0 Å². The van der Waals surface area contributed by atoms with Gasteiger partial charge in [0.1, 0.15) is 11.3 Å². The van der Waals surface area contributed by atoms with Crippen molar-refractivity contribution in [2.75, 3.05) is 4.72 Å². The van der Waals surface area contributed by atoms with E-state index in [9.17, 15) is 8.42 Å². The number of hydrogen-bond acceptors (Lipinski definition) is 5. The monoisotopic (exact) mass is 294 g/mol. The highest BCUT2D eigenvalue weighted by Gasteiger charge is 2.14. The summed E-state index contributed by atoms with van der Waals surface area (Å²) in [5.41, 5.74) is 6.35. The second-order valence-electron chi connectivity index (χ2n) is 3.62. The molecule has 6 nitrogen and oxygen atoms in total. The van der Waals surface area contributed by atoms with Gasteiger partial charge in [0.25, 0.3) is 10.0 Å². The lowest BCUT2D eigenvalue weighted by Crippen LogP contribution is -2.14. The molecule has 0 aliphatic rings. The Morgan fingerprint density at radius 1 is 1.16 bits per heavy atom. The molecule has 1 aromatic carbocycles. The van der Waals surface area contributed by atoms with E-state index in [1.165, 1.54) is 30.9 Å². The average molecular weight is 294 g/mol. The second kappa shape index (κ2) is 5.29. The molecule has 3 N–H and O–H groups in total. The molecular weight excluding hydrogens is 284 g/mol. The number of hydrogen-bond donors (Lipinski definition) is 2. The molecule has 8 heteroatoms. The zero-order valence-corrected chi connectivity index (χ0v) is 11.3. The Morgan fingerprint density at radius 3 is 2.26 bits per heavy atom. The molecule has 1 aromatic heterocycles. The standard InChI is InChI=1S/C11H10N4O2S2/c12-11(18)8-1-3-10(4-2-8)19(16,17)15-9-5-13-7-14-6-9/h1-7,15H,(H2,12,18). The first-order chi connectivity index (χ1) is 8.99. The zero-order chi connectivity index (χ0) is 13.9. The van der Waals surface area contributed by atoms with Crippen molar-refractivity contribution in [2.24, 2.45) is 5.73 Å². The molecular formula is C11H10N4O2S2. The van der Waals surface area contributed by atoms with Crippen LogP contribution in [0.5, 0.6) is 0 Å². The normalized spacial score (nSPS) is 10.9. The van der Waals surface area contributed by atoms with Gasteiger partial charge in [-0.1, -0.05) is 24.4 Å². The summed E-state index contributed by atoms with van der Waals surface area (Å²) in [5, 5.41) is 0. The quantitative estimate of drug-likeness (QED) is 0.813. The van der Waals surface area contributed by atoms with Gasteiger partial charge >= 0.3 is 0 Å². The molecule has 0 saturated carbocycles. The minimum Gasteiger partial charge on any atom is -0.389 e. The zero-order valence-electron chi connectivity index (χ0n) is 9.65. The molecule has 2 aromatic rings. The van der Waals surface area contributed by atoms with Crippen LogP contribution in [0.1, 0.15) is 5.56 Å². The van der Waals surface area contributed by atoms with E-state index in [2.05, 4.69) is 14.7 Å². The summed E-state index contributed by atoms with van der Waals surface area (Å²) in [7, 11) is -3.67. The van der Waals surface area contributed by atoms with Gasteiger partial charge in [-0.3, -0.25) is 4.72 Å². The van der Waals surface area contributed by atoms with Crippen LogP contribution in [0.15, 0.2) is 47.9 Å². The Labute approximate surface area is 115 Å². The van der Waals surface area contributed by atoms with Gasteiger partial charge in [-0.05, 0) is 12.1 Å². The van der Waals surface area contributed by atoms with Gasteiger partial charge in [-0.25, -0.2) is 18.4 Å². The van der Waals surface area contributed by atoms with Crippen LogP contribution in [0.25, 0.3) is 0 Å². The highest BCUT2D eigenvalue weighted by atomic mass is 32.2. The maximum absolute atomic E-state index is 12.1. The maximum Gasteiger partial charge on any atom is 0.261 e. The lowest BCUT2D eigenvalue weighted by molar-refractivity contribution is 0.601. The molecule has 0 radical (unpaired) electrons. The number of nitrogens with zero attached hydrogens (tertiary/aromatic N) is 2. The van der Waals surface area contributed by atoms with Crippen molar-refractivity contribution in [3.63, 3.8) is 0 Å². The van der Waals surface area contributed by atoms with Crippen LogP contribution in [0.2, 0.25) is 0 Å². The van der Waals surface area contributed by atoms with Crippen molar-refractivity contribution in [1.29, 1.82) is 0 Å². The molecule has 0 unspecified atom stereocenters. The van der Waals surface area contributed by atoms with Crippen LogP contribution in [0.3, 0.4) is 0 Å². The van der Waals surface area contributed by atoms with E-state index in [0.29, 0.717) is 11.3 Å². The molecule has 1 heterocycles. The van der Waals surface area contributed by atoms with E-state index in [0.717, 1.165) is 0 Å². The Hall–Kier alpha value is -2.06. The molecule has 2 rings (SSSR count). The molecule has 0 aliphatic carbocycles. The smallest absolute Gasteiger partial charge is 0.261 e. The number of sulfonamides is 1.